The summed E-state index contributed by atoms with van der Waals surface area (Å²) in [5, 5.41) is 2.96. The molecule has 4 nitrogen and oxygen atoms in total. The summed E-state index contributed by atoms with van der Waals surface area (Å²) in [6, 6.07) is 7.59. The molecule has 1 aromatic rings. The SMILES string of the molecule is CC(C)CC(=O)N1CCC(C(=O)Nc2cccc(Br)c2)CC1. The fourth-order valence-corrected chi connectivity index (χ4v) is 3.08. The fourth-order valence-electron chi connectivity index (χ4n) is 2.68. The number of anilines is 1. The van der Waals surface area contributed by atoms with Crippen LogP contribution in [0.4, 0.5) is 5.69 Å². The highest BCUT2D eigenvalue weighted by Gasteiger charge is 2.27. The minimum Gasteiger partial charge on any atom is -0.343 e. The van der Waals surface area contributed by atoms with E-state index in [0.717, 1.165) is 23.0 Å². The van der Waals surface area contributed by atoms with Crippen LogP contribution in [0.2, 0.25) is 0 Å². The number of rotatable bonds is 4. The van der Waals surface area contributed by atoms with E-state index in [9.17, 15) is 9.59 Å². The Morgan fingerprint density at radius 1 is 1.32 bits per heavy atom. The first-order chi connectivity index (χ1) is 10.5. The number of carbonyl (C=O) groups excluding carboxylic acids is 2. The van der Waals surface area contributed by atoms with Crippen LogP contribution in [0.3, 0.4) is 0 Å². The first-order valence-corrected chi connectivity index (χ1v) is 8.59. The minimum atomic E-state index is -0.0120. The van der Waals surface area contributed by atoms with Gasteiger partial charge in [0.2, 0.25) is 11.8 Å². The van der Waals surface area contributed by atoms with Gasteiger partial charge in [0.15, 0.2) is 0 Å². The van der Waals surface area contributed by atoms with Gasteiger partial charge in [-0.1, -0.05) is 35.8 Å². The Morgan fingerprint density at radius 3 is 2.59 bits per heavy atom. The molecule has 0 radical (unpaired) electrons. The van der Waals surface area contributed by atoms with Crippen LogP contribution in [0.15, 0.2) is 28.7 Å². The Hall–Kier alpha value is -1.36. The lowest BCUT2D eigenvalue weighted by Crippen LogP contribution is -2.41. The number of likely N-dealkylation sites (tertiary alicyclic amines) is 1. The van der Waals surface area contributed by atoms with Gasteiger partial charge < -0.3 is 10.2 Å². The van der Waals surface area contributed by atoms with Crippen LogP contribution in [-0.4, -0.2) is 29.8 Å². The number of hydrogen-bond donors (Lipinski definition) is 1. The van der Waals surface area contributed by atoms with E-state index in [4.69, 9.17) is 0 Å². The van der Waals surface area contributed by atoms with Gasteiger partial charge >= 0.3 is 0 Å². The molecule has 2 rings (SSSR count). The number of nitrogens with zero attached hydrogens (tertiary/aromatic N) is 1. The largest absolute Gasteiger partial charge is 0.343 e. The zero-order chi connectivity index (χ0) is 16.1. The molecule has 2 amide bonds. The molecule has 0 bridgehead atoms. The summed E-state index contributed by atoms with van der Waals surface area (Å²) in [5.74, 6) is 0.627. The normalized spacial score (nSPS) is 15.9. The van der Waals surface area contributed by atoms with Crippen LogP contribution in [0.25, 0.3) is 0 Å². The summed E-state index contributed by atoms with van der Waals surface area (Å²) in [5.41, 5.74) is 0.803. The van der Waals surface area contributed by atoms with Crippen LogP contribution in [-0.2, 0) is 9.59 Å². The quantitative estimate of drug-likeness (QED) is 0.883. The van der Waals surface area contributed by atoms with E-state index >= 15 is 0 Å². The molecule has 1 aliphatic heterocycles. The van der Waals surface area contributed by atoms with Crippen LogP contribution in [0.5, 0.6) is 0 Å². The third-order valence-electron chi connectivity index (χ3n) is 3.89. The van der Waals surface area contributed by atoms with E-state index in [1.807, 2.05) is 29.2 Å². The van der Waals surface area contributed by atoms with E-state index < -0.39 is 0 Å². The monoisotopic (exact) mass is 366 g/mol. The average Bonchev–Trinajstić information content (AvgIpc) is 2.46. The third-order valence-corrected chi connectivity index (χ3v) is 4.39. The summed E-state index contributed by atoms with van der Waals surface area (Å²) in [6.45, 7) is 5.47. The number of benzene rings is 1. The summed E-state index contributed by atoms with van der Waals surface area (Å²) >= 11 is 3.40. The second-order valence-corrected chi connectivity index (χ2v) is 7.17. The predicted molar refractivity (Wildman–Crippen MR) is 91.5 cm³/mol. The molecule has 0 unspecified atom stereocenters. The second kappa shape index (κ2) is 7.77. The van der Waals surface area contributed by atoms with E-state index in [1.54, 1.807) is 0 Å². The lowest BCUT2D eigenvalue weighted by molar-refractivity contribution is -0.135. The summed E-state index contributed by atoms with van der Waals surface area (Å²) in [7, 11) is 0. The van der Waals surface area contributed by atoms with Crippen molar-refractivity contribution in [2.75, 3.05) is 18.4 Å². The smallest absolute Gasteiger partial charge is 0.227 e. The van der Waals surface area contributed by atoms with Crippen LogP contribution < -0.4 is 5.32 Å². The van der Waals surface area contributed by atoms with Crippen molar-refractivity contribution in [3.63, 3.8) is 0 Å². The maximum atomic E-state index is 12.3. The number of amides is 2. The molecule has 0 spiro atoms. The van der Waals surface area contributed by atoms with Gasteiger partial charge in [0.1, 0.15) is 0 Å². The molecular weight excluding hydrogens is 344 g/mol. The van der Waals surface area contributed by atoms with Gasteiger partial charge in [-0.3, -0.25) is 9.59 Å². The van der Waals surface area contributed by atoms with Crippen molar-refractivity contribution < 1.29 is 9.59 Å². The molecule has 1 saturated heterocycles. The van der Waals surface area contributed by atoms with Crippen molar-refractivity contribution in [3.05, 3.63) is 28.7 Å². The Morgan fingerprint density at radius 2 is 2.00 bits per heavy atom. The molecule has 0 atom stereocenters. The fraction of sp³-hybridized carbons (Fsp3) is 0.529. The Balaban J connectivity index is 1.83. The number of carbonyl (C=O) groups is 2. The highest BCUT2D eigenvalue weighted by atomic mass is 79.9. The third kappa shape index (κ3) is 4.83. The number of nitrogens with one attached hydrogen (secondary N) is 1. The standard InChI is InChI=1S/C17H23BrN2O2/c1-12(2)10-16(21)20-8-6-13(7-9-20)17(22)19-15-5-3-4-14(18)11-15/h3-5,11-13H,6-10H2,1-2H3,(H,19,22). The van der Waals surface area contributed by atoms with Gasteiger partial charge in [0.25, 0.3) is 0 Å². The van der Waals surface area contributed by atoms with Crippen LogP contribution in [0, 0.1) is 11.8 Å². The van der Waals surface area contributed by atoms with Crippen molar-refractivity contribution in [1.82, 2.24) is 4.90 Å². The molecule has 0 saturated carbocycles. The van der Waals surface area contributed by atoms with Crippen molar-refractivity contribution in [2.24, 2.45) is 11.8 Å². The van der Waals surface area contributed by atoms with Crippen molar-refractivity contribution in [3.8, 4) is 0 Å². The van der Waals surface area contributed by atoms with Crippen LogP contribution in [0.1, 0.15) is 33.1 Å². The molecule has 1 aliphatic rings. The molecule has 1 heterocycles. The van der Waals surface area contributed by atoms with Gasteiger partial charge in [0.05, 0.1) is 0 Å². The molecule has 5 heteroatoms. The molecule has 1 fully saturated rings. The van der Waals surface area contributed by atoms with Crippen molar-refractivity contribution in [2.45, 2.75) is 33.1 Å². The maximum Gasteiger partial charge on any atom is 0.227 e. The first-order valence-electron chi connectivity index (χ1n) is 7.80. The lowest BCUT2D eigenvalue weighted by Gasteiger charge is -2.31. The highest BCUT2D eigenvalue weighted by Crippen LogP contribution is 2.22. The molecular formula is C17H23BrN2O2. The molecule has 0 aromatic heterocycles. The summed E-state index contributed by atoms with van der Waals surface area (Å²) in [4.78, 5) is 26.2. The van der Waals surface area contributed by atoms with Gasteiger partial charge in [-0.05, 0) is 37.0 Å². The Bertz CT molecular complexity index is 537. The van der Waals surface area contributed by atoms with E-state index in [1.165, 1.54) is 0 Å². The molecule has 22 heavy (non-hydrogen) atoms. The highest BCUT2D eigenvalue weighted by molar-refractivity contribution is 9.10. The molecule has 1 N–H and O–H groups in total. The zero-order valence-electron chi connectivity index (χ0n) is 13.1. The molecule has 120 valence electrons. The topological polar surface area (TPSA) is 49.4 Å². The molecule has 1 aromatic carbocycles. The number of halogens is 1. The number of hydrogen-bond acceptors (Lipinski definition) is 2. The van der Waals surface area contributed by atoms with E-state index in [0.29, 0.717) is 25.4 Å². The summed E-state index contributed by atoms with van der Waals surface area (Å²) < 4.78 is 0.944. The first kappa shape index (κ1) is 17.0. The predicted octanol–water partition coefficient (Wildman–Crippen LogP) is 3.67. The van der Waals surface area contributed by atoms with Gasteiger partial charge in [-0.2, -0.15) is 0 Å². The van der Waals surface area contributed by atoms with E-state index in [-0.39, 0.29) is 17.7 Å². The van der Waals surface area contributed by atoms with Crippen molar-refractivity contribution >= 4 is 33.4 Å². The Kier molecular flexibility index (Phi) is 6.00. The van der Waals surface area contributed by atoms with Crippen LogP contribution >= 0.6 is 15.9 Å². The minimum absolute atomic E-state index is 0.0120. The second-order valence-electron chi connectivity index (χ2n) is 6.25. The lowest BCUT2D eigenvalue weighted by atomic mass is 9.95. The Labute approximate surface area is 140 Å². The number of piperidine rings is 1. The zero-order valence-corrected chi connectivity index (χ0v) is 14.7. The maximum absolute atomic E-state index is 12.3. The van der Waals surface area contributed by atoms with Gasteiger partial charge in [0, 0.05) is 35.6 Å². The van der Waals surface area contributed by atoms with E-state index in [2.05, 4.69) is 35.1 Å². The molecule has 0 aliphatic carbocycles. The average molecular weight is 367 g/mol. The van der Waals surface area contributed by atoms with Gasteiger partial charge in [-0.25, -0.2) is 0 Å². The summed E-state index contributed by atoms with van der Waals surface area (Å²) in [6.07, 6.45) is 2.07. The van der Waals surface area contributed by atoms with Crippen molar-refractivity contribution in [1.29, 1.82) is 0 Å². The van der Waals surface area contributed by atoms with Gasteiger partial charge in [-0.15, -0.1) is 0 Å².